The summed E-state index contributed by atoms with van der Waals surface area (Å²) in [4.78, 5) is 11.2. The Bertz CT molecular complexity index is 734. The van der Waals surface area contributed by atoms with Crippen LogP contribution in [-0.4, -0.2) is 26.7 Å². The number of carbonyl (C=O) groups is 1. The zero-order valence-corrected chi connectivity index (χ0v) is 13.9. The number of nitrogens with one attached hydrogen (secondary N) is 1. The third kappa shape index (κ3) is 2.98. The van der Waals surface area contributed by atoms with Crippen molar-refractivity contribution in [2.75, 3.05) is 20.8 Å². The van der Waals surface area contributed by atoms with Crippen molar-refractivity contribution in [3.63, 3.8) is 0 Å². The first-order valence-corrected chi connectivity index (χ1v) is 8.04. The highest BCUT2D eigenvalue weighted by Crippen LogP contribution is 2.40. The molecule has 3 rings (SSSR count). The minimum atomic E-state index is 0.0227. The lowest BCUT2D eigenvalue weighted by Crippen LogP contribution is -2.28. The Labute approximate surface area is 136 Å². The second-order valence-corrected chi connectivity index (χ2v) is 6.14. The molecule has 4 nitrogen and oxygen atoms in total. The molecule has 1 unspecified atom stereocenters. The van der Waals surface area contributed by atoms with Crippen LogP contribution < -0.4 is 14.8 Å². The van der Waals surface area contributed by atoms with Gasteiger partial charge in [-0.15, -0.1) is 0 Å². The van der Waals surface area contributed by atoms with Crippen LogP contribution in [-0.2, 0) is 17.6 Å². The van der Waals surface area contributed by atoms with E-state index in [0.717, 1.165) is 30.8 Å². The molecule has 1 N–H and O–H groups in total. The highest BCUT2D eigenvalue weighted by atomic mass is 16.5. The molecule has 122 valence electrons. The molecule has 23 heavy (non-hydrogen) atoms. The standard InChI is InChI=1S/C19H23NO3/c1-12(21)20-11-13-4-7-15-17(22-2)8-5-14-6-9-18(23-3)16(10-13)19(14)15/h5-6,8-9,13H,4,7,10-11H2,1-3H3,(H,20,21). The van der Waals surface area contributed by atoms with E-state index in [9.17, 15) is 4.79 Å². The summed E-state index contributed by atoms with van der Waals surface area (Å²) in [6.45, 7) is 2.26. The number of rotatable bonds is 4. The Hall–Kier alpha value is -2.23. The van der Waals surface area contributed by atoms with Crippen molar-refractivity contribution in [2.45, 2.75) is 26.2 Å². The van der Waals surface area contributed by atoms with Crippen LogP contribution in [0.25, 0.3) is 10.8 Å². The summed E-state index contributed by atoms with van der Waals surface area (Å²) in [7, 11) is 3.43. The average molecular weight is 313 g/mol. The number of aryl methyl sites for hydroxylation is 1. The second-order valence-electron chi connectivity index (χ2n) is 6.14. The molecule has 1 amide bonds. The number of benzene rings is 2. The third-order valence-electron chi connectivity index (χ3n) is 4.69. The fourth-order valence-electron chi connectivity index (χ4n) is 3.57. The maximum atomic E-state index is 11.2. The van der Waals surface area contributed by atoms with E-state index in [0.29, 0.717) is 12.5 Å². The Morgan fingerprint density at radius 3 is 2.39 bits per heavy atom. The van der Waals surface area contributed by atoms with Gasteiger partial charge in [-0.3, -0.25) is 4.79 Å². The molecule has 0 spiro atoms. The van der Waals surface area contributed by atoms with Gasteiger partial charge in [0, 0.05) is 24.6 Å². The van der Waals surface area contributed by atoms with E-state index in [1.807, 2.05) is 12.1 Å². The molecule has 1 atom stereocenters. The predicted octanol–water partition coefficient (Wildman–Crippen LogP) is 3.10. The Morgan fingerprint density at radius 2 is 1.78 bits per heavy atom. The molecule has 2 aromatic rings. The van der Waals surface area contributed by atoms with Crippen LogP contribution in [0.15, 0.2) is 24.3 Å². The monoisotopic (exact) mass is 313 g/mol. The molecule has 2 aromatic carbocycles. The van der Waals surface area contributed by atoms with Gasteiger partial charge in [0.05, 0.1) is 14.2 Å². The van der Waals surface area contributed by atoms with Gasteiger partial charge >= 0.3 is 0 Å². The lowest BCUT2D eigenvalue weighted by atomic mass is 9.94. The predicted molar refractivity (Wildman–Crippen MR) is 91.3 cm³/mol. The largest absolute Gasteiger partial charge is 0.496 e. The quantitative estimate of drug-likeness (QED) is 0.943. The molecule has 0 aromatic heterocycles. The van der Waals surface area contributed by atoms with Crippen LogP contribution >= 0.6 is 0 Å². The summed E-state index contributed by atoms with van der Waals surface area (Å²) in [5, 5.41) is 5.43. The van der Waals surface area contributed by atoms with E-state index in [1.165, 1.54) is 21.9 Å². The number of ether oxygens (including phenoxy) is 2. The fourth-order valence-corrected chi connectivity index (χ4v) is 3.57. The van der Waals surface area contributed by atoms with Crippen LogP contribution in [0.1, 0.15) is 24.5 Å². The second kappa shape index (κ2) is 6.49. The number of amides is 1. The summed E-state index contributed by atoms with van der Waals surface area (Å²) in [5.74, 6) is 2.28. The van der Waals surface area contributed by atoms with E-state index < -0.39 is 0 Å². The van der Waals surface area contributed by atoms with Gasteiger partial charge in [-0.2, -0.15) is 0 Å². The first kappa shape index (κ1) is 15.7. The van der Waals surface area contributed by atoms with Gasteiger partial charge in [-0.05, 0) is 48.1 Å². The Kier molecular flexibility index (Phi) is 4.42. The summed E-state index contributed by atoms with van der Waals surface area (Å²) in [5.41, 5.74) is 2.48. The molecule has 0 saturated heterocycles. The van der Waals surface area contributed by atoms with Crippen molar-refractivity contribution >= 4 is 16.7 Å². The van der Waals surface area contributed by atoms with E-state index in [4.69, 9.17) is 9.47 Å². The lowest BCUT2D eigenvalue weighted by molar-refractivity contribution is -0.119. The van der Waals surface area contributed by atoms with Gasteiger partial charge in [0.1, 0.15) is 11.5 Å². The summed E-state index contributed by atoms with van der Waals surface area (Å²) in [6.07, 6.45) is 2.87. The molecule has 4 heteroatoms. The van der Waals surface area contributed by atoms with Crippen molar-refractivity contribution < 1.29 is 14.3 Å². The van der Waals surface area contributed by atoms with Gasteiger partial charge in [-0.1, -0.05) is 12.1 Å². The summed E-state index contributed by atoms with van der Waals surface area (Å²) in [6, 6.07) is 8.29. The zero-order valence-electron chi connectivity index (χ0n) is 13.9. The molecule has 0 radical (unpaired) electrons. The highest BCUT2D eigenvalue weighted by molar-refractivity contribution is 5.93. The van der Waals surface area contributed by atoms with E-state index >= 15 is 0 Å². The Morgan fingerprint density at radius 1 is 1.13 bits per heavy atom. The van der Waals surface area contributed by atoms with Crippen molar-refractivity contribution in [2.24, 2.45) is 5.92 Å². The Balaban J connectivity index is 2.09. The van der Waals surface area contributed by atoms with Gasteiger partial charge in [0.2, 0.25) is 5.91 Å². The molecule has 0 aliphatic heterocycles. The molecule has 0 fully saturated rings. The lowest BCUT2D eigenvalue weighted by Gasteiger charge is -2.17. The van der Waals surface area contributed by atoms with Crippen LogP contribution in [0, 0.1) is 5.92 Å². The zero-order chi connectivity index (χ0) is 16.4. The normalized spacial score (nSPS) is 16.7. The first-order chi connectivity index (χ1) is 11.1. The highest BCUT2D eigenvalue weighted by Gasteiger charge is 2.23. The average Bonchev–Trinajstić information content (AvgIpc) is 2.75. The minimum Gasteiger partial charge on any atom is -0.496 e. The maximum absolute atomic E-state index is 11.2. The fraction of sp³-hybridized carbons (Fsp3) is 0.421. The molecular formula is C19H23NO3. The van der Waals surface area contributed by atoms with Crippen LogP contribution in [0.2, 0.25) is 0 Å². The van der Waals surface area contributed by atoms with Gasteiger partial charge in [0.15, 0.2) is 0 Å². The first-order valence-electron chi connectivity index (χ1n) is 8.04. The van der Waals surface area contributed by atoms with E-state index in [1.54, 1.807) is 21.1 Å². The SMILES string of the molecule is COc1ccc2ccc(OC)c3c2c1CCC(CNC(C)=O)C3. The van der Waals surface area contributed by atoms with Gasteiger partial charge < -0.3 is 14.8 Å². The smallest absolute Gasteiger partial charge is 0.216 e. The number of carbonyl (C=O) groups excluding carboxylic acids is 1. The summed E-state index contributed by atoms with van der Waals surface area (Å²) < 4.78 is 11.2. The van der Waals surface area contributed by atoms with Crippen molar-refractivity contribution in [3.05, 3.63) is 35.4 Å². The van der Waals surface area contributed by atoms with Crippen LogP contribution in [0.5, 0.6) is 11.5 Å². The molecular weight excluding hydrogens is 290 g/mol. The maximum Gasteiger partial charge on any atom is 0.216 e. The van der Waals surface area contributed by atoms with Crippen molar-refractivity contribution in [1.29, 1.82) is 0 Å². The minimum absolute atomic E-state index is 0.0227. The molecule has 1 aliphatic rings. The van der Waals surface area contributed by atoms with Crippen LogP contribution in [0.3, 0.4) is 0 Å². The van der Waals surface area contributed by atoms with Gasteiger partial charge in [-0.25, -0.2) is 0 Å². The van der Waals surface area contributed by atoms with Gasteiger partial charge in [0.25, 0.3) is 0 Å². The number of hydrogen-bond donors (Lipinski definition) is 1. The van der Waals surface area contributed by atoms with E-state index in [2.05, 4.69) is 17.4 Å². The number of hydrogen-bond acceptors (Lipinski definition) is 3. The molecule has 0 saturated carbocycles. The van der Waals surface area contributed by atoms with Crippen LogP contribution in [0.4, 0.5) is 0 Å². The van der Waals surface area contributed by atoms with Crippen molar-refractivity contribution in [3.8, 4) is 11.5 Å². The summed E-state index contributed by atoms with van der Waals surface area (Å²) >= 11 is 0. The number of methoxy groups -OCH3 is 2. The molecule has 1 aliphatic carbocycles. The third-order valence-corrected chi connectivity index (χ3v) is 4.69. The van der Waals surface area contributed by atoms with Crippen molar-refractivity contribution in [1.82, 2.24) is 5.32 Å². The molecule has 0 heterocycles. The van der Waals surface area contributed by atoms with E-state index in [-0.39, 0.29) is 5.91 Å². The molecule has 0 bridgehead atoms. The topological polar surface area (TPSA) is 47.6 Å².